The molecule has 110 valence electrons. The van der Waals surface area contributed by atoms with Gasteiger partial charge in [-0.05, 0) is 43.4 Å². The topological polar surface area (TPSA) is 26.7 Å². The number of nitrogens with zero attached hydrogens (tertiary/aromatic N) is 2. The third-order valence-corrected chi connectivity index (χ3v) is 5.41. The van der Waals surface area contributed by atoms with Crippen LogP contribution in [0.4, 0.5) is 0 Å². The summed E-state index contributed by atoms with van der Waals surface area (Å²) in [5.41, 5.74) is 0.412. The van der Waals surface area contributed by atoms with Gasteiger partial charge in [0, 0.05) is 38.8 Å². The number of aliphatic hydroxyl groups excluding tert-OH is 1. The van der Waals surface area contributed by atoms with Crippen molar-refractivity contribution >= 4 is 0 Å². The quantitative estimate of drug-likeness (QED) is 0.846. The number of rotatable bonds is 3. The van der Waals surface area contributed by atoms with Crippen LogP contribution >= 0.6 is 0 Å². The summed E-state index contributed by atoms with van der Waals surface area (Å²) in [6.45, 7) is 10.8. The van der Waals surface area contributed by atoms with Crippen LogP contribution in [0.5, 0.6) is 0 Å². The van der Waals surface area contributed by atoms with Crippen molar-refractivity contribution in [1.29, 1.82) is 0 Å². The Balaban J connectivity index is 1.51. The predicted octanol–water partition coefficient (Wildman–Crippen LogP) is 1.95. The van der Waals surface area contributed by atoms with Crippen molar-refractivity contribution < 1.29 is 5.11 Å². The second kappa shape index (κ2) is 5.34. The average molecular weight is 266 g/mol. The molecule has 1 saturated heterocycles. The summed E-state index contributed by atoms with van der Waals surface area (Å²) in [7, 11) is 0. The van der Waals surface area contributed by atoms with Gasteiger partial charge in [-0.15, -0.1) is 0 Å². The Labute approximate surface area is 118 Å². The van der Waals surface area contributed by atoms with Crippen molar-refractivity contribution in [3.8, 4) is 0 Å². The molecule has 1 N–H and O–H groups in total. The third kappa shape index (κ3) is 3.50. The molecule has 3 nitrogen and oxygen atoms in total. The lowest BCUT2D eigenvalue weighted by atomic mass is 9.73. The fourth-order valence-corrected chi connectivity index (χ4v) is 3.85. The van der Waals surface area contributed by atoms with Crippen LogP contribution < -0.4 is 0 Å². The van der Waals surface area contributed by atoms with Gasteiger partial charge in [0.2, 0.25) is 0 Å². The normalized spacial score (nSPS) is 37.4. The summed E-state index contributed by atoms with van der Waals surface area (Å²) >= 11 is 0. The first-order valence-corrected chi connectivity index (χ1v) is 8.18. The molecule has 2 atom stereocenters. The van der Waals surface area contributed by atoms with Crippen molar-refractivity contribution in [2.75, 3.05) is 32.7 Å². The fraction of sp³-hybridized carbons (Fsp3) is 1.00. The molecule has 1 aliphatic heterocycles. The third-order valence-electron chi connectivity index (χ3n) is 5.41. The Morgan fingerprint density at radius 2 is 1.74 bits per heavy atom. The van der Waals surface area contributed by atoms with E-state index in [1.807, 2.05) is 0 Å². The van der Waals surface area contributed by atoms with E-state index in [4.69, 9.17) is 0 Å². The molecule has 1 heterocycles. The molecule has 2 unspecified atom stereocenters. The maximum absolute atomic E-state index is 10.3. The highest BCUT2D eigenvalue weighted by Gasteiger charge is 2.38. The second-order valence-electron chi connectivity index (χ2n) is 7.82. The molecule has 0 aromatic heterocycles. The van der Waals surface area contributed by atoms with Gasteiger partial charge in [0.25, 0.3) is 0 Å². The summed E-state index contributed by atoms with van der Waals surface area (Å²) in [6, 6.07) is 0.409. The van der Waals surface area contributed by atoms with Crippen molar-refractivity contribution in [3.63, 3.8) is 0 Å². The molecule has 0 aromatic carbocycles. The Morgan fingerprint density at radius 3 is 2.37 bits per heavy atom. The van der Waals surface area contributed by atoms with Gasteiger partial charge in [0.15, 0.2) is 0 Å². The minimum Gasteiger partial charge on any atom is -0.391 e. The van der Waals surface area contributed by atoms with E-state index < -0.39 is 0 Å². The van der Waals surface area contributed by atoms with Crippen molar-refractivity contribution in [2.24, 2.45) is 11.3 Å². The largest absolute Gasteiger partial charge is 0.391 e. The summed E-state index contributed by atoms with van der Waals surface area (Å²) in [6.07, 6.45) is 6.14. The van der Waals surface area contributed by atoms with Gasteiger partial charge < -0.3 is 10.0 Å². The SMILES string of the molecule is CC1(C)CCC(O)C(N2CCN(CC3CC3)CC2)C1. The van der Waals surface area contributed by atoms with Gasteiger partial charge >= 0.3 is 0 Å². The molecule has 19 heavy (non-hydrogen) atoms. The van der Waals surface area contributed by atoms with E-state index in [-0.39, 0.29) is 6.10 Å². The summed E-state index contributed by atoms with van der Waals surface area (Å²) in [5, 5.41) is 10.3. The number of piperazine rings is 1. The average Bonchev–Trinajstić information content (AvgIpc) is 3.17. The van der Waals surface area contributed by atoms with Crippen LogP contribution in [-0.4, -0.2) is 59.8 Å². The lowest BCUT2D eigenvalue weighted by Crippen LogP contribution is -2.56. The maximum Gasteiger partial charge on any atom is 0.0695 e. The molecule has 0 bridgehead atoms. The van der Waals surface area contributed by atoms with Gasteiger partial charge in [-0.25, -0.2) is 0 Å². The van der Waals surface area contributed by atoms with Gasteiger partial charge in [0.05, 0.1) is 6.10 Å². The van der Waals surface area contributed by atoms with Crippen LogP contribution in [0.25, 0.3) is 0 Å². The van der Waals surface area contributed by atoms with Crippen LogP contribution in [0, 0.1) is 11.3 Å². The van der Waals surface area contributed by atoms with E-state index in [0.29, 0.717) is 11.5 Å². The Hall–Kier alpha value is -0.120. The van der Waals surface area contributed by atoms with Gasteiger partial charge in [0.1, 0.15) is 0 Å². The molecule has 0 aromatic rings. The highest BCUT2D eigenvalue weighted by molar-refractivity contribution is 4.92. The summed E-state index contributed by atoms with van der Waals surface area (Å²) in [5.74, 6) is 1.01. The number of hydrogen-bond donors (Lipinski definition) is 1. The van der Waals surface area contributed by atoms with E-state index in [9.17, 15) is 5.11 Å². The first-order chi connectivity index (χ1) is 9.03. The van der Waals surface area contributed by atoms with Crippen molar-refractivity contribution in [3.05, 3.63) is 0 Å². The van der Waals surface area contributed by atoms with Crippen LogP contribution in [-0.2, 0) is 0 Å². The van der Waals surface area contributed by atoms with Crippen molar-refractivity contribution in [2.45, 2.75) is 58.1 Å². The molecule has 3 aliphatic rings. The Morgan fingerprint density at radius 1 is 1.05 bits per heavy atom. The Kier molecular flexibility index (Phi) is 3.89. The van der Waals surface area contributed by atoms with E-state index >= 15 is 0 Å². The highest BCUT2D eigenvalue weighted by atomic mass is 16.3. The summed E-state index contributed by atoms with van der Waals surface area (Å²) < 4.78 is 0. The van der Waals surface area contributed by atoms with E-state index in [1.54, 1.807) is 0 Å². The molecule has 0 amide bonds. The maximum atomic E-state index is 10.3. The minimum absolute atomic E-state index is 0.0944. The van der Waals surface area contributed by atoms with Crippen LogP contribution in [0.1, 0.15) is 46.0 Å². The van der Waals surface area contributed by atoms with Crippen LogP contribution in [0.3, 0.4) is 0 Å². The lowest BCUT2D eigenvalue weighted by molar-refractivity contribution is -0.0341. The standard InChI is InChI=1S/C16H30N2O/c1-16(2)6-5-15(19)14(11-16)18-9-7-17(8-10-18)12-13-3-4-13/h13-15,19H,3-12H2,1-2H3. The first-order valence-electron chi connectivity index (χ1n) is 8.18. The van der Waals surface area contributed by atoms with E-state index in [0.717, 1.165) is 31.8 Å². The van der Waals surface area contributed by atoms with Crippen LogP contribution in [0.15, 0.2) is 0 Å². The molecule has 3 fully saturated rings. The molecule has 0 spiro atoms. The zero-order valence-electron chi connectivity index (χ0n) is 12.6. The van der Waals surface area contributed by atoms with Gasteiger partial charge in [-0.1, -0.05) is 13.8 Å². The van der Waals surface area contributed by atoms with E-state index in [2.05, 4.69) is 23.6 Å². The molecule has 0 radical (unpaired) electrons. The number of aliphatic hydroxyl groups is 1. The highest BCUT2D eigenvalue weighted by Crippen LogP contribution is 2.38. The molecular formula is C16H30N2O. The van der Waals surface area contributed by atoms with E-state index in [1.165, 1.54) is 38.9 Å². The zero-order chi connectivity index (χ0) is 13.5. The smallest absolute Gasteiger partial charge is 0.0695 e. The first kappa shape index (κ1) is 13.8. The molecule has 2 aliphatic carbocycles. The van der Waals surface area contributed by atoms with Gasteiger partial charge in [-0.3, -0.25) is 4.90 Å². The minimum atomic E-state index is -0.0944. The molecule has 2 saturated carbocycles. The predicted molar refractivity (Wildman–Crippen MR) is 78.2 cm³/mol. The van der Waals surface area contributed by atoms with Gasteiger partial charge in [-0.2, -0.15) is 0 Å². The monoisotopic (exact) mass is 266 g/mol. The fourth-order valence-electron chi connectivity index (χ4n) is 3.85. The van der Waals surface area contributed by atoms with Crippen LogP contribution in [0.2, 0.25) is 0 Å². The van der Waals surface area contributed by atoms with Crippen molar-refractivity contribution in [1.82, 2.24) is 9.80 Å². The molecule has 3 rings (SSSR count). The lowest BCUT2D eigenvalue weighted by Gasteiger charge is -2.47. The second-order valence-corrected chi connectivity index (χ2v) is 7.82. The number of hydrogen-bond acceptors (Lipinski definition) is 3. The molecule has 3 heteroatoms. The Bertz CT molecular complexity index is 306. The summed E-state index contributed by atoms with van der Waals surface area (Å²) in [4.78, 5) is 5.20. The molecular weight excluding hydrogens is 236 g/mol. The zero-order valence-corrected chi connectivity index (χ0v) is 12.6.